The van der Waals surface area contributed by atoms with E-state index in [1.54, 1.807) is 14.2 Å². The van der Waals surface area contributed by atoms with Crippen molar-refractivity contribution in [1.29, 1.82) is 0 Å². The normalized spacial score (nSPS) is 16.4. The van der Waals surface area contributed by atoms with Crippen LogP contribution < -0.4 is 19.5 Å². The largest absolute Gasteiger partial charge is 0.497 e. The van der Waals surface area contributed by atoms with Crippen molar-refractivity contribution in [3.8, 4) is 17.2 Å². The summed E-state index contributed by atoms with van der Waals surface area (Å²) in [6, 6.07) is 14.8. The van der Waals surface area contributed by atoms with Crippen LogP contribution in [0.5, 0.6) is 17.2 Å². The van der Waals surface area contributed by atoms with E-state index in [1.165, 1.54) is 11.1 Å². The van der Waals surface area contributed by atoms with Crippen LogP contribution in [0, 0.1) is 0 Å². The molecule has 0 aromatic heterocycles. The molecule has 146 valence electrons. The van der Waals surface area contributed by atoms with Gasteiger partial charge in [-0.2, -0.15) is 0 Å². The summed E-state index contributed by atoms with van der Waals surface area (Å²) in [6.07, 6.45) is 1.13. The van der Waals surface area contributed by atoms with Gasteiger partial charge in [-0.25, -0.2) is 0 Å². The van der Waals surface area contributed by atoms with E-state index in [2.05, 4.69) is 40.5 Å². The first kappa shape index (κ1) is 19.5. The predicted molar refractivity (Wildman–Crippen MR) is 108 cm³/mol. The molecule has 0 radical (unpaired) electrons. The van der Waals surface area contributed by atoms with Crippen molar-refractivity contribution in [2.45, 2.75) is 19.4 Å². The second kappa shape index (κ2) is 9.62. The molecule has 2 aromatic carbocycles. The van der Waals surface area contributed by atoms with Crippen LogP contribution in [0.15, 0.2) is 42.5 Å². The standard InChI is InChI=1S/C22H30N2O3/c1-4-27-21-16-18(9-10-20(21)26-3)22(24-13-6-11-23-12-14-24)17-7-5-8-19(15-17)25-2/h5,7-10,15-16,22-23H,4,6,11-14H2,1-3H3. The molecule has 1 atom stereocenters. The van der Waals surface area contributed by atoms with Gasteiger partial charge in [0.25, 0.3) is 0 Å². The van der Waals surface area contributed by atoms with Gasteiger partial charge in [-0.3, -0.25) is 4.90 Å². The number of hydrogen-bond acceptors (Lipinski definition) is 5. The van der Waals surface area contributed by atoms with Crippen molar-refractivity contribution in [3.05, 3.63) is 53.6 Å². The molecule has 1 aliphatic rings. The van der Waals surface area contributed by atoms with E-state index in [9.17, 15) is 0 Å². The first-order valence-corrected chi connectivity index (χ1v) is 9.66. The number of hydrogen-bond donors (Lipinski definition) is 1. The Bertz CT molecular complexity index is 727. The molecular weight excluding hydrogens is 340 g/mol. The Hall–Kier alpha value is -2.24. The SMILES string of the molecule is CCOc1cc(C(c2cccc(OC)c2)N2CCCNCC2)ccc1OC. The molecule has 1 fully saturated rings. The summed E-state index contributed by atoms with van der Waals surface area (Å²) < 4.78 is 16.8. The summed E-state index contributed by atoms with van der Waals surface area (Å²) in [4.78, 5) is 2.53. The molecule has 0 aliphatic carbocycles. The van der Waals surface area contributed by atoms with Crippen LogP contribution in [0.1, 0.15) is 30.5 Å². The molecule has 1 N–H and O–H groups in total. The Morgan fingerprint density at radius 2 is 1.81 bits per heavy atom. The average molecular weight is 370 g/mol. The summed E-state index contributed by atoms with van der Waals surface area (Å²) >= 11 is 0. The van der Waals surface area contributed by atoms with Gasteiger partial charge >= 0.3 is 0 Å². The third kappa shape index (κ3) is 4.73. The van der Waals surface area contributed by atoms with Gasteiger partial charge in [0.15, 0.2) is 11.5 Å². The van der Waals surface area contributed by atoms with Gasteiger partial charge in [-0.15, -0.1) is 0 Å². The minimum absolute atomic E-state index is 0.144. The van der Waals surface area contributed by atoms with Crippen molar-refractivity contribution < 1.29 is 14.2 Å². The monoisotopic (exact) mass is 370 g/mol. The minimum atomic E-state index is 0.144. The van der Waals surface area contributed by atoms with Gasteiger partial charge in [-0.1, -0.05) is 18.2 Å². The summed E-state index contributed by atoms with van der Waals surface area (Å²) in [6.45, 7) is 6.70. The molecule has 1 saturated heterocycles. The van der Waals surface area contributed by atoms with Gasteiger partial charge in [0, 0.05) is 19.6 Å². The molecule has 0 bridgehead atoms. The van der Waals surface area contributed by atoms with Crippen LogP contribution in [0.25, 0.3) is 0 Å². The Balaban J connectivity index is 2.04. The van der Waals surface area contributed by atoms with Gasteiger partial charge in [-0.05, 0) is 55.3 Å². The summed E-state index contributed by atoms with van der Waals surface area (Å²) in [5.41, 5.74) is 2.43. The maximum atomic E-state index is 5.83. The Morgan fingerprint density at radius 1 is 0.963 bits per heavy atom. The molecule has 1 unspecified atom stereocenters. The number of nitrogens with one attached hydrogen (secondary N) is 1. The van der Waals surface area contributed by atoms with E-state index in [4.69, 9.17) is 14.2 Å². The van der Waals surface area contributed by atoms with E-state index in [-0.39, 0.29) is 6.04 Å². The lowest BCUT2D eigenvalue weighted by Crippen LogP contribution is -2.33. The zero-order chi connectivity index (χ0) is 19.1. The average Bonchev–Trinajstić information content (AvgIpc) is 2.98. The van der Waals surface area contributed by atoms with Crippen molar-refractivity contribution in [3.63, 3.8) is 0 Å². The zero-order valence-corrected chi connectivity index (χ0v) is 16.5. The van der Waals surface area contributed by atoms with Gasteiger partial charge in [0.1, 0.15) is 5.75 Å². The molecule has 1 aliphatic heterocycles. The second-order valence-corrected chi connectivity index (χ2v) is 6.66. The summed E-state index contributed by atoms with van der Waals surface area (Å²) in [5.74, 6) is 2.44. The lowest BCUT2D eigenvalue weighted by molar-refractivity contribution is 0.239. The molecule has 2 aromatic rings. The fraction of sp³-hybridized carbons (Fsp3) is 0.455. The molecule has 0 spiro atoms. The highest BCUT2D eigenvalue weighted by atomic mass is 16.5. The first-order chi connectivity index (χ1) is 13.3. The molecule has 0 amide bonds. The van der Waals surface area contributed by atoms with Crippen molar-refractivity contribution in [2.24, 2.45) is 0 Å². The zero-order valence-electron chi connectivity index (χ0n) is 16.5. The first-order valence-electron chi connectivity index (χ1n) is 9.66. The van der Waals surface area contributed by atoms with Crippen molar-refractivity contribution in [1.82, 2.24) is 10.2 Å². The van der Waals surface area contributed by atoms with Crippen molar-refractivity contribution in [2.75, 3.05) is 47.0 Å². The maximum Gasteiger partial charge on any atom is 0.161 e. The van der Waals surface area contributed by atoms with Crippen LogP contribution >= 0.6 is 0 Å². The van der Waals surface area contributed by atoms with Crippen LogP contribution in [0.2, 0.25) is 0 Å². The smallest absolute Gasteiger partial charge is 0.161 e. The third-order valence-electron chi connectivity index (χ3n) is 4.95. The Labute approximate surface area is 162 Å². The Morgan fingerprint density at radius 3 is 2.59 bits per heavy atom. The number of benzene rings is 2. The van der Waals surface area contributed by atoms with Crippen LogP contribution in [-0.4, -0.2) is 51.9 Å². The lowest BCUT2D eigenvalue weighted by atomic mass is 9.96. The highest BCUT2D eigenvalue weighted by Gasteiger charge is 2.25. The van der Waals surface area contributed by atoms with E-state index >= 15 is 0 Å². The van der Waals surface area contributed by atoms with E-state index in [1.807, 2.05) is 19.1 Å². The summed E-state index contributed by atoms with van der Waals surface area (Å²) in [5, 5.41) is 3.50. The highest BCUT2D eigenvalue weighted by Crippen LogP contribution is 2.36. The second-order valence-electron chi connectivity index (χ2n) is 6.66. The Kier molecular flexibility index (Phi) is 6.96. The highest BCUT2D eigenvalue weighted by molar-refractivity contribution is 5.46. The van der Waals surface area contributed by atoms with E-state index in [0.717, 1.165) is 49.8 Å². The molecule has 1 heterocycles. The molecule has 3 rings (SSSR count). The van der Waals surface area contributed by atoms with E-state index in [0.29, 0.717) is 6.61 Å². The molecular formula is C22H30N2O3. The fourth-order valence-corrected chi connectivity index (χ4v) is 3.68. The number of methoxy groups -OCH3 is 2. The number of ether oxygens (including phenoxy) is 3. The molecule has 0 saturated carbocycles. The fourth-order valence-electron chi connectivity index (χ4n) is 3.68. The quantitative estimate of drug-likeness (QED) is 0.808. The van der Waals surface area contributed by atoms with Crippen LogP contribution in [-0.2, 0) is 0 Å². The molecule has 27 heavy (non-hydrogen) atoms. The van der Waals surface area contributed by atoms with Gasteiger partial charge < -0.3 is 19.5 Å². The molecule has 5 heteroatoms. The maximum absolute atomic E-state index is 5.83. The van der Waals surface area contributed by atoms with Gasteiger partial charge in [0.05, 0.1) is 26.9 Å². The third-order valence-corrected chi connectivity index (χ3v) is 4.95. The van der Waals surface area contributed by atoms with Crippen LogP contribution in [0.4, 0.5) is 0 Å². The van der Waals surface area contributed by atoms with Gasteiger partial charge in [0.2, 0.25) is 0 Å². The number of rotatable bonds is 7. The van der Waals surface area contributed by atoms with E-state index < -0.39 is 0 Å². The topological polar surface area (TPSA) is 43.0 Å². The lowest BCUT2D eigenvalue weighted by Gasteiger charge is -2.32. The predicted octanol–water partition coefficient (Wildman–Crippen LogP) is 3.49. The molecule has 5 nitrogen and oxygen atoms in total. The summed E-state index contributed by atoms with van der Waals surface area (Å²) in [7, 11) is 3.39. The minimum Gasteiger partial charge on any atom is -0.497 e. The number of nitrogens with zero attached hydrogens (tertiary/aromatic N) is 1. The van der Waals surface area contributed by atoms with Crippen molar-refractivity contribution >= 4 is 0 Å². The van der Waals surface area contributed by atoms with Crippen LogP contribution in [0.3, 0.4) is 0 Å².